The summed E-state index contributed by atoms with van der Waals surface area (Å²) >= 11 is 0. The smallest absolute Gasteiger partial charge is 0.419 e. The SMILES string of the molecule is CCCN1CCC(c2cccc(C(F)(F)F)c2OC)CC1. The molecule has 0 unspecified atom stereocenters. The van der Waals surface area contributed by atoms with E-state index >= 15 is 0 Å². The van der Waals surface area contributed by atoms with Gasteiger partial charge in [0.05, 0.1) is 12.7 Å². The van der Waals surface area contributed by atoms with Gasteiger partial charge in [0.1, 0.15) is 5.75 Å². The molecule has 0 saturated carbocycles. The van der Waals surface area contributed by atoms with E-state index in [4.69, 9.17) is 4.74 Å². The van der Waals surface area contributed by atoms with E-state index in [0.29, 0.717) is 5.56 Å². The third-order valence-corrected chi connectivity index (χ3v) is 4.12. The second kappa shape index (κ2) is 6.69. The highest BCUT2D eigenvalue weighted by Gasteiger charge is 2.36. The molecule has 1 aliphatic heterocycles. The molecule has 0 bridgehead atoms. The maximum absolute atomic E-state index is 13.1. The van der Waals surface area contributed by atoms with Crippen LogP contribution < -0.4 is 4.74 Å². The zero-order valence-electron chi connectivity index (χ0n) is 12.5. The van der Waals surface area contributed by atoms with Gasteiger partial charge in [0, 0.05) is 0 Å². The Morgan fingerprint density at radius 2 is 1.90 bits per heavy atom. The van der Waals surface area contributed by atoms with Crippen LogP contribution in [0.1, 0.15) is 43.2 Å². The molecule has 0 aliphatic carbocycles. The third kappa shape index (κ3) is 3.70. The van der Waals surface area contributed by atoms with E-state index in [1.165, 1.54) is 13.2 Å². The van der Waals surface area contributed by atoms with Crippen molar-refractivity contribution in [1.82, 2.24) is 4.90 Å². The summed E-state index contributed by atoms with van der Waals surface area (Å²) in [6.45, 7) is 5.09. The highest BCUT2D eigenvalue weighted by atomic mass is 19.4. The van der Waals surface area contributed by atoms with Crippen LogP contribution in [0.2, 0.25) is 0 Å². The van der Waals surface area contributed by atoms with Crippen molar-refractivity contribution in [2.75, 3.05) is 26.7 Å². The van der Waals surface area contributed by atoms with Gasteiger partial charge in [0.15, 0.2) is 0 Å². The minimum Gasteiger partial charge on any atom is -0.496 e. The predicted octanol–water partition coefficient (Wildman–Crippen LogP) is 4.30. The zero-order chi connectivity index (χ0) is 15.5. The summed E-state index contributed by atoms with van der Waals surface area (Å²) in [4.78, 5) is 2.37. The molecule has 5 heteroatoms. The number of para-hydroxylation sites is 1. The van der Waals surface area contributed by atoms with Gasteiger partial charge in [-0.1, -0.05) is 19.1 Å². The second-order valence-corrected chi connectivity index (χ2v) is 5.54. The molecule has 0 spiro atoms. The number of likely N-dealkylation sites (tertiary alicyclic amines) is 1. The first kappa shape index (κ1) is 16.1. The van der Waals surface area contributed by atoms with Crippen molar-refractivity contribution in [3.63, 3.8) is 0 Å². The van der Waals surface area contributed by atoms with Crippen LogP contribution in [0.15, 0.2) is 18.2 Å². The van der Waals surface area contributed by atoms with E-state index < -0.39 is 11.7 Å². The topological polar surface area (TPSA) is 12.5 Å². The van der Waals surface area contributed by atoms with Crippen LogP contribution >= 0.6 is 0 Å². The van der Waals surface area contributed by atoms with Crippen molar-refractivity contribution < 1.29 is 17.9 Å². The minimum absolute atomic E-state index is 0.000980. The van der Waals surface area contributed by atoms with Gasteiger partial charge in [-0.25, -0.2) is 0 Å². The molecule has 2 nitrogen and oxygen atoms in total. The van der Waals surface area contributed by atoms with Gasteiger partial charge in [-0.05, 0) is 56.4 Å². The third-order valence-electron chi connectivity index (χ3n) is 4.12. The van der Waals surface area contributed by atoms with Crippen LogP contribution in [-0.2, 0) is 6.18 Å². The van der Waals surface area contributed by atoms with Crippen molar-refractivity contribution in [3.8, 4) is 5.75 Å². The maximum Gasteiger partial charge on any atom is 0.419 e. The number of methoxy groups -OCH3 is 1. The monoisotopic (exact) mass is 301 g/mol. The first-order valence-corrected chi connectivity index (χ1v) is 7.43. The molecule has 1 aliphatic rings. The van der Waals surface area contributed by atoms with Crippen molar-refractivity contribution in [1.29, 1.82) is 0 Å². The Morgan fingerprint density at radius 3 is 2.43 bits per heavy atom. The number of rotatable bonds is 4. The fraction of sp³-hybridized carbons (Fsp3) is 0.625. The van der Waals surface area contributed by atoms with E-state index in [0.717, 1.165) is 45.0 Å². The average molecular weight is 301 g/mol. The number of benzene rings is 1. The molecular weight excluding hydrogens is 279 g/mol. The molecule has 0 N–H and O–H groups in total. The largest absolute Gasteiger partial charge is 0.496 e. The maximum atomic E-state index is 13.1. The number of ether oxygens (including phenoxy) is 1. The Morgan fingerprint density at radius 1 is 1.24 bits per heavy atom. The average Bonchev–Trinajstić information content (AvgIpc) is 2.46. The molecule has 0 aromatic heterocycles. The van der Waals surface area contributed by atoms with Gasteiger partial charge in [-0.3, -0.25) is 0 Å². The van der Waals surface area contributed by atoms with E-state index in [-0.39, 0.29) is 11.7 Å². The standard InChI is InChI=1S/C16H22F3NO/c1-3-9-20-10-7-12(8-11-20)13-5-4-6-14(15(13)21-2)16(17,18)19/h4-6,12H,3,7-11H2,1-2H3. The summed E-state index contributed by atoms with van der Waals surface area (Å²) in [7, 11) is 1.32. The molecule has 0 radical (unpaired) electrons. The lowest BCUT2D eigenvalue weighted by atomic mass is 9.87. The molecule has 118 valence electrons. The summed E-state index contributed by atoms with van der Waals surface area (Å²) < 4.78 is 44.3. The molecule has 21 heavy (non-hydrogen) atoms. The molecule has 1 fully saturated rings. The molecule has 0 amide bonds. The van der Waals surface area contributed by atoms with Gasteiger partial charge < -0.3 is 9.64 Å². The van der Waals surface area contributed by atoms with Gasteiger partial charge in [-0.2, -0.15) is 13.2 Å². The molecular formula is C16H22F3NO. The fourth-order valence-corrected chi connectivity index (χ4v) is 3.11. The van der Waals surface area contributed by atoms with Gasteiger partial charge >= 0.3 is 6.18 Å². The minimum atomic E-state index is -4.37. The zero-order valence-corrected chi connectivity index (χ0v) is 12.5. The summed E-state index contributed by atoms with van der Waals surface area (Å²) in [5, 5.41) is 0. The van der Waals surface area contributed by atoms with Crippen LogP contribution in [0.4, 0.5) is 13.2 Å². The summed E-state index contributed by atoms with van der Waals surface area (Å²) in [6, 6.07) is 4.35. The highest BCUT2D eigenvalue weighted by Crippen LogP contribution is 2.42. The number of hydrogen-bond donors (Lipinski definition) is 0. The normalized spacial score (nSPS) is 18.0. The van der Waals surface area contributed by atoms with E-state index in [9.17, 15) is 13.2 Å². The van der Waals surface area contributed by atoms with Crippen LogP contribution in [0.5, 0.6) is 5.75 Å². The van der Waals surface area contributed by atoms with Crippen LogP contribution in [0.3, 0.4) is 0 Å². The van der Waals surface area contributed by atoms with Crippen molar-refractivity contribution in [2.24, 2.45) is 0 Å². The number of alkyl halides is 3. The lowest BCUT2D eigenvalue weighted by Gasteiger charge is -2.32. The summed E-state index contributed by atoms with van der Waals surface area (Å²) in [6.07, 6.45) is -1.49. The number of piperidine rings is 1. The first-order chi connectivity index (χ1) is 9.97. The van der Waals surface area contributed by atoms with Crippen molar-refractivity contribution in [2.45, 2.75) is 38.3 Å². The number of nitrogens with zero attached hydrogens (tertiary/aromatic N) is 1. The van der Waals surface area contributed by atoms with Gasteiger partial charge in [-0.15, -0.1) is 0 Å². The van der Waals surface area contributed by atoms with Crippen LogP contribution in [0.25, 0.3) is 0 Å². The Balaban J connectivity index is 2.21. The number of halogens is 3. The van der Waals surface area contributed by atoms with Gasteiger partial charge in [0.2, 0.25) is 0 Å². The van der Waals surface area contributed by atoms with E-state index in [1.807, 2.05) is 0 Å². The van der Waals surface area contributed by atoms with Crippen LogP contribution in [-0.4, -0.2) is 31.6 Å². The fourth-order valence-electron chi connectivity index (χ4n) is 3.11. The molecule has 2 rings (SSSR count). The van der Waals surface area contributed by atoms with Gasteiger partial charge in [0.25, 0.3) is 0 Å². The summed E-state index contributed by atoms with van der Waals surface area (Å²) in [5.41, 5.74) is 0.0296. The molecule has 1 aromatic carbocycles. The molecule has 1 saturated heterocycles. The Bertz CT molecular complexity index is 465. The molecule has 0 atom stereocenters. The van der Waals surface area contributed by atoms with Crippen molar-refractivity contribution >= 4 is 0 Å². The first-order valence-electron chi connectivity index (χ1n) is 7.43. The lowest BCUT2D eigenvalue weighted by molar-refractivity contribution is -0.138. The highest BCUT2D eigenvalue weighted by molar-refractivity contribution is 5.45. The van der Waals surface area contributed by atoms with Crippen LogP contribution in [0, 0.1) is 0 Å². The van der Waals surface area contributed by atoms with E-state index in [2.05, 4.69) is 11.8 Å². The summed E-state index contributed by atoms with van der Waals surface area (Å²) in [5.74, 6) is 0.147. The van der Waals surface area contributed by atoms with Crippen molar-refractivity contribution in [3.05, 3.63) is 29.3 Å². The predicted molar refractivity (Wildman–Crippen MR) is 76.7 cm³/mol. The second-order valence-electron chi connectivity index (χ2n) is 5.54. The quantitative estimate of drug-likeness (QED) is 0.822. The molecule has 1 aromatic rings. The number of hydrogen-bond acceptors (Lipinski definition) is 2. The Hall–Kier alpha value is -1.23. The Labute approximate surface area is 123 Å². The lowest BCUT2D eigenvalue weighted by Crippen LogP contribution is -2.33. The molecule has 1 heterocycles. The Kier molecular flexibility index (Phi) is 5.14. The van der Waals surface area contributed by atoms with E-state index in [1.54, 1.807) is 6.07 Å².